The van der Waals surface area contributed by atoms with E-state index in [2.05, 4.69) is 26.5 Å². The lowest BCUT2D eigenvalue weighted by Gasteiger charge is -2.28. The highest BCUT2D eigenvalue weighted by Crippen LogP contribution is 2.23. The molecule has 1 aliphatic heterocycles. The summed E-state index contributed by atoms with van der Waals surface area (Å²) in [4.78, 5) is 21.9. The fraction of sp³-hybridized carbons (Fsp3) is 0.400. The summed E-state index contributed by atoms with van der Waals surface area (Å²) in [5.41, 5.74) is 2.14. The van der Waals surface area contributed by atoms with Gasteiger partial charge in [-0.2, -0.15) is 8.78 Å². The second-order valence-corrected chi connectivity index (χ2v) is 7.71. The molecule has 0 bridgehead atoms. The van der Waals surface area contributed by atoms with Crippen molar-refractivity contribution in [3.05, 3.63) is 51.7 Å². The number of thiophene rings is 1. The van der Waals surface area contributed by atoms with Crippen molar-refractivity contribution in [2.45, 2.75) is 26.1 Å². The van der Waals surface area contributed by atoms with Crippen molar-refractivity contribution in [1.29, 1.82) is 0 Å². The summed E-state index contributed by atoms with van der Waals surface area (Å²) in [6, 6.07) is 8.53. The van der Waals surface area contributed by atoms with Crippen molar-refractivity contribution >= 4 is 47.2 Å². The molecule has 1 aliphatic rings. The maximum atomic E-state index is 12.6. The number of hydrogen-bond donors (Lipinski definition) is 1. The quantitative estimate of drug-likeness (QED) is 0.340. The van der Waals surface area contributed by atoms with Gasteiger partial charge in [0.15, 0.2) is 5.96 Å². The summed E-state index contributed by atoms with van der Waals surface area (Å²) in [6.07, 6.45) is 0.901. The fourth-order valence-electron chi connectivity index (χ4n) is 3.24. The van der Waals surface area contributed by atoms with E-state index in [0.717, 1.165) is 18.5 Å². The molecule has 30 heavy (non-hydrogen) atoms. The molecule has 2 heterocycles. The van der Waals surface area contributed by atoms with Gasteiger partial charge in [0.1, 0.15) is 5.75 Å². The molecule has 0 radical (unpaired) electrons. The number of carbonyl (C=O) groups excluding carboxylic acids is 1. The first-order valence-corrected chi connectivity index (χ1v) is 10.1. The van der Waals surface area contributed by atoms with Crippen molar-refractivity contribution in [3.8, 4) is 5.75 Å². The number of alkyl halides is 2. The molecule has 0 unspecified atom stereocenters. The molecule has 0 saturated heterocycles. The van der Waals surface area contributed by atoms with E-state index in [1.807, 2.05) is 16.8 Å². The monoisotopic (exact) mass is 550 g/mol. The van der Waals surface area contributed by atoms with Crippen LogP contribution in [0, 0.1) is 0 Å². The Labute approximate surface area is 195 Å². The van der Waals surface area contributed by atoms with Gasteiger partial charge >= 0.3 is 6.61 Å². The van der Waals surface area contributed by atoms with Crippen molar-refractivity contribution in [3.63, 3.8) is 0 Å². The van der Waals surface area contributed by atoms with Gasteiger partial charge in [0.25, 0.3) is 0 Å². The molecule has 1 amide bonds. The zero-order chi connectivity index (χ0) is 20.8. The molecule has 0 atom stereocenters. The van der Waals surface area contributed by atoms with Gasteiger partial charge in [-0.1, -0.05) is 12.1 Å². The van der Waals surface area contributed by atoms with Gasteiger partial charge in [-0.25, -0.2) is 0 Å². The van der Waals surface area contributed by atoms with E-state index in [1.165, 1.54) is 22.6 Å². The zero-order valence-electron chi connectivity index (χ0n) is 16.8. The van der Waals surface area contributed by atoms with E-state index >= 15 is 0 Å². The van der Waals surface area contributed by atoms with Crippen LogP contribution in [0.25, 0.3) is 0 Å². The molecule has 0 aliphatic carbocycles. The van der Waals surface area contributed by atoms with Crippen LogP contribution in [0.3, 0.4) is 0 Å². The number of nitrogens with zero attached hydrogens (tertiary/aromatic N) is 3. The molecule has 1 N–H and O–H groups in total. The van der Waals surface area contributed by atoms with Gasteiger partial charge in [0.05, 0.1) is 6.54 Å². The zero-order valence-corrected chi connectivity index (χ0v) is 20.0. The predicted molar refractivity (Wildman–Crippen MR) is 125 cm³/mol. The lowest BCUT2D eigenvalue weighted by Crippen LogP contribution is -2.46. The molecule has 0 saturated carbocycles. The first kappa shape index (κ1) is 24.3. The van der Waals surface area contributed by atoms with Gasteiger partial charge in [-0.3, -0.25) is 9.79 Å². The summed E-state index contributed by atoms with van der Waals surface area (Å²) >= 11 is 1.75. The first-order valence-electron chi connectivity index (χ1n) is 9.25. The highest BCUT2D eigenvalue weighted by atomic mass is 127. The summed E-state index contributed by atoms with van der Waals surface area (Å²) in [5, 5.41) is 5.17. The Morgan fingerprint density at radius 2 is 2.07 bits per heavy atom. The van der Waals surface area contributed by atoms with Crippen LogP contribution in [0.15, 0.2) is 40.7 Å². The highest BCUT2D eigenvalue weighted by Gasteiger charge is 2.21. The molecule has 1 aromatic carbocycles. The number of rotatable bonds is 6. The number of benzene rings is 1. The number of ether oxygens (including phenoxy) is 1. The van der Waals surface area contributed by atoms with Gasteiger partial charge < -0.3 is 19.9 Å². The molecular formula is C20H25F2IN4O2S. The Morgan fingerprint density at radius 1 is 1.33 bits per heavy atom. The standard InChI is InChI=1S/C20H24F2N4O2S.HI/c1-23-20(25(2)12-14-3-5-16(6-4-14)28-19(21)22)24-11-18(27)26-9-7-17-15(13-26)8-10-29-17;/h3-6,8,10,19H,7,9,11-13H2,1-2H3,(H,23,24);1H. The predicted octanol–water partition coefficient (Wildman–Crippen LogP) is 3.56. The average Bonchev–Trinajstić information content (AvgIpc) is 3.17. The topological polar surface area (TPSA) is 57.2 Å². The van der Waals surface area contributed by atoms with E-state index < -0.39 is 6.61 Å². The Bertz CT molecular complexity index is 861. The molecule has 1 aromatic heterocycles. The average molecular weight is 550 g/mol. The van der Waals surface area contributed by atoms with Gasteiger partial charge in [-0.05, 0) is 41.1 Å². The Kier molecular flexibility index (Phi) is 9.28. The van der Waals surface area contributed by atoms with Gasteiger partial charge in [-0.15, -0.1) is 35.3 Å². The van der Waals surface area contributed by atoms with Crippen LogP contribution in [0.1, 0.15) is 16.0 Å². The van der Waals surface area contributed by atoms with Gasteiger partial charge in [0.2, 0.25) is 5.91 Å². The van der Waals surface area contributed by atoms with E-state index in [4.69, 9.17) is 0 Å². The maximum absolute atomic E-state index is 12.6. The molecular weight excluding hydrogens is 525 g/mol. The van der Waals surface area contributed by atoms with E-state index in [1.54, 1.807) is 30.5 Å². The Morgan fingerprint density at radius 3 is 2.73 bits per heavy atom. The van der Waals surface area contributed by atoms with Crippen molar-refractivity contribution in [2.75, 3.05) is 27.2 Å². The molecule has 0 spiro atoms. The van der Waals surface area contributed by atoms with Crippen LogP contribution >= 0.6 is 35.3 Å². The van der Waals surface area contributed by atoms with Crippen LogP contribution in [0.4, 0.5) is 8.78 Å². The highest BCUT2D eigenvalue weighted by molar-refractivity contribution is 14.0. The summed E-state index contributed by atoms with van der Waals surface area (Å²) in [5.74, 6) is 0.735. The normalized spacial score (nSPS) is 13.5. The van der Waals surface area contributed by atoms with Crippen LogP contribution < -0.4 is 10.1 Å². The number of carbonyl (C=O) groups is 1. The van der Waals surface area contributed by atoms with Crippen LogP contribution in [-0.4, -0.2) is 55.5 Å². The van der Waals surface area contributed by atoms with Crippen molar-refractivity contribution in [2.24, 2.45) is 4.99 Å². The minimum atomic E-state index is -2.84. The summed E-state index contributed by atoms with van der Waals surface area (Å²) in [7, 11) is 3.50. The molecule has 3 rings (SSSR count). The van der Waals surface area contributed by atoms with Crippen molar-refractivity contribution < 1.29 is 18.3 Å². The maximum Gasteiger partial charge on any atom is 0.387 e. The number of fused-ring (bicyclic) bond motifs is 1. The van der Waals surface area contributed by atoms with Crippen LogP contribution in [-0.2, 0) is 24.3 Å². The second-order valence-electron chi connectivity index (χ2n) is 6.71. The number of nitrogens with one attached hydrogen (secondary N) is 1. The lowest BCUT2D eigenvalue weighted by atomic mass is 10.1. The smallest absolute Gasteiger partial charge is 0.387 e. The van der Waals surface area contributed by atoms with Gasteiger partial charge in [0, 0.05) is 38.6 Å². The second kappa shape index (κ2) is 11.4. The third kappa shape index (κ3) is 6.53. The molecule has 0 fully saturated rings. The van der Waals surface area contributed by atoms with Crippen molar-refractivity contribution in [1.82, 2.24) is 15.1 Å². The fourth-order valence-corrected chi connectivity index (χ4v) is 4.13. The number of hydrogen-bond acceptors (Lipinski definition) is 4. The third-order valence-corrected chi connectivity index (χ3v) is 5.72. The molecule has 2 aromatic rings. The van der Waals surface area contributed by atoms with E-state index in [-0.39, 0.29) is 42.2 Å². The molecule has 10 heteroatoms. The minimum Gasteiger partial charge on any atom is -0.435 e. The minimum absolute atomic E-state index is 0. The first-order chi connectivity index (χ1) is 14.0. The van der Waals surface area contributed by atoms with E-state index in [0.29, 0.717) is 19.0 Å². The number of halogens is 3. The number of aliphatic imine (C=N–C) groups is 1. The van der Waals surface area contributed by atoms with Crippen LogP contribution in [0.5, 0.6) is 5.75 Å². The summed E-state index contributed by atoms with van der Waals surface area (Å²) in [6.45, 7) is -0.783. The SMILES string of the molecule is CN=C(NCC(=O)N1CCc2sccc2C1)N(C)Cc1ccc(OC(F)F)cc1.I. The Hall–Kier alpha value is -1.95. The Balaban J connectivity index is 0.00000320. The molecule has 164 valence electrons. The van der Waals surface area contributed by atoms with E-state index in [9.17, 15) is 13.6 Å². The largest absolute Gasteiger partial charge is 0.435 e. The third-order valence-electron chi connectivity index (χ3n) is 4.70. The lowest BCUT2D eigenvalue weighted by molar-refractivity contribution is -0.130. The molecule has 6 nitrogen and oxygen atoms in total. The van der Waals surface area contributed by atoms with Crippen LogP contribution in [0.2, 0.25) is 0 Å². The number of amides is 1. The number of guanidine groups is 1. The summed E-state index contributed by atoms with van der Waals surface area (Å²) < 4.78 is 28.8.